The van der Waals surface area contributed by atoms with Crippen molar-refractivity contribution in [2.45, 2.75) is 52.7 Å². The van der Waals surface area contributed by atoms with Crippen LogP contribution >= 0.6 is 0 Å². The van der Waals surface area contributed by atoms with Crippen LogP contribution in [0.3, 0.4) is 0 Å². The summed E-state index contributed by atoms with van der Waals surface area (Å²) in [5.74, 6) is 0.446. The van der Waals surface area contributed by atoms with E-state index in [1.165, 1.54) is 6.07 Å². The quantitative estimate of drug-likeness (QED) is 0.728. The molecule has 0 heterocycles. The van der Waals surface area contributed by atoms with Crippen LogP contribution in [-0.2, 0) is 4.74 Å². The van der Waals surface area contributed by atoms with Crippen molar-refractivity contribution < 1.29 is 9.13 Å². The lowest BCUT2D eigenvalue weighted by atomic mass is 10.1. The molecule has 2 atom stereocenters. The van der Waals surface area contributed by atoms with Gasteiger partial charge in [0.1, 0.15) is 5.82 Å². The van der Waals surface area contributed by atoms with Gasteiger partial charge in [0.15, 0.2) is 0 Å². The van der Waals surface area contributed by atoms with Crippen LogP contribution in [0.4, 0.5) is 4.39 Å². The van der Waals surface area contributed by atoms with Gasteiger partial charge in [-0.1, -0.05) is 39.0 Å². The van der Waals surface area contributed by atoms with E-state index in [0.717, 1.165) is 19.4 Å². The Hall–Kier alpha value is -0.930. The minimum atomic E-state index is -0.166. The SMILES string of the molecule is CCCNC(COC(C)CC(C)C)c1ccccc1F. The van der Waals surface area contributed by atoms with Crippen LogP contribution in [0.25, 0.3) is 0 Å². The van der Waals surface area contributed by atoms with Gasteiger partial charge in [-0.3, -0.25) is 0 Å². The molecule has 0 bridgehead atoms. The van der Waals surface area contributed by atoms with Gasteiger partial charge in [-0.15, -0.1) is 0 Å². The molecule has 0 aliphatic rings. The molecule has 0 aliphatic heterocycles. The van der Waals surface area contributed by atoms with E-state index >= 15 is 0 Å². The van der Waals surface area contributed by atoms with Gasteiger partial charge >= 0.3 is 0 Å². The number of rotatable bonds is 9. The first kappa shape index (κ1) is 17.1. The van der Waals surface area contributed by atoms with Crippen LogP contribution in [0.15, 0.2) is 24.3 Å². The minimum absolute atomic E-state index is 0.0780. The van der Waals surface area contributed by atoms with E-state index in [9.17, 15) is 4.39 Å². The predicted molar refractivity (Wildman–Crippen MR) is 82.3 cm³/mol. The third-order valence-electron chi connectivity index (χ3n) is 3.27. The molecule has 0 fully saturated rings. The van der Waals surface area contributed by atoms with Crippen LogP contribution in [0, 0.1) is 11.7 Å². The van der Waals surface area contributed by atoms with E-state index in [2.05, 4.69) is 33.0 Å². The third-order valence-corrected chi connectivity index (χ3v) is 3.27. The van der Waals surface area contributed by atoms with Crippen molar-refractivity contribution in [2.24, 2.45) is 5.92 Å². The molecule has 0 aliphatic carbocycles. The van der Waals surface area contributed by atoms with Crippen LogP contribution in [-0.4, -0.2) is 19.3 Å². The van der Waals surface area contributed by atoms with Crippen LogP contribution in [0.5, 0.6) is 0 Å². The molecule has 0 saturated heterocycles. The highest BCUT2D eigenvalue weighted by Crippen LogP contribution is 2.19. The molecule has 1 N–H and O–H groups in total. The van der Waals surface area contributed by atoms with E-state index in [-0.39, 0.29) is 18.0 Å². The molecule has 1 aromatic carbocycles. The van der Waals surface area contributed by atoms with Gasteiger partial charge in [0.2, 0.25) is 0 Å². The number of hydrogen-bond acceptors (Lipinski definition) is 2. The normalized spacial score (nSPS) is 14.5. The molecule has 114 valence electrons. The highest BCUT2D eigenvalue weighted by atomic mass is 19.1. The Labute approximate surface area is 122 Å². The van der Waals surface area contributed by atoms with Crippen LogP contribution in [0.2, 0.25) is 0 Å². The van der Waals surface area contributed by atoms with E-state index in [0.29, 0.717) is 18.1 Å². The van der Waals surface area contributed by atoms with Crippen molar-refractivity contribution >= 4 is 0 Å². The lowest BCUT2D eigenvalue weighted by molar-refractivity contribution is 0.0365. The Bertz CT molecular complexity index is 381. The summed E-state index contributed by atoms with van der Waals surface area (Å²) in [6, 6.07) is 6.85. The van der Waals surface area contributed by atoms with Crippen molar-refractivity contribution in [1.29, 1.82) is 0 Å². The first-order chi connectivity index (χ1) is 9.54. The second-order valence-corrected chi connectivity index (χ2v) is 5.80. The molecule has 0 aromatic heterocycles. The lowest BCUT2D eigenvalue weighted by Gasteiger charge is -2.23. The number of halogens is 1. The summed E-state index contributed by atoms with van der Waals surface area (Å²) < 4.78 is 19.8. The van der Waals surface area contributed by atoms with Gasteiger partial charge < -0.3 is 10.1 Å². The summed E-state index contributed by atoms with van der Waals surface area (Å²) in [6.07, 6.45) is 2.25. The summed E-state index contributed by atoms with van der Waals surface area (Å²) in [6.45, 7) is 9.93. The molecule has 1 rings (SSSR count). The maximum absolute atomic E-state index is 13.9. The average Bonchev–Trinajstić information content (AvgIpc) is 2.39. The van der Waals surface area contributed by atoms with Gasteiger partial charge in [-0.2, -0.15) is 0 Å². The number of ether oxygens (including phenoxy) is 1. The van der Waals surface area contributed by atoms with E-state index in [1.807, 2.05) is 12.1 Å². The maximum Gasteiger partial charge on any atom is 0.128 e. The standard InChI is InChI=1S/C17H28FNO/c1-5-10-19-17(12-20-14(4)11-13(2)3)15-8-6-7-9-16(15)18/h6-9,13-14,17,19H,5,10-12H2,1-4H3. The van der Waals surface area contributed by atoms with Gasteiger partial charge in [0, 0.05) is 5.56 Å². The van der Waals surface area contributed by atoms with Gasteiger partial charge in [-0.25, -0.2) is 4.39 Å². The molecule has 0 radical (unpaired) electrons. The van der Waals surface area contributed by atoms with Gasteiger partial charge in [-0.05, 0) is 38.3 Å². The summed E-state index contributed by atoms with van der Waals surface area (Å²) >= 11 is 0. The Balaban J connectivity index is 2.63. The smallest absolute Gasteiger partial charge is 0.128 e. The summed E-state index contributed by atoms with van der Waals surface area (Å²) in [4.78, 5) is 0. The Morgan fingerprint density at radius 3 is 2.50 bits per heavy atom. The zero-order chi connectivity index (χ0) is 15.0. The molecule has 0 spiro atoms. The van der Waals surface area contributed by atoms with Gasteiger partial charge in [0.05, 0.1) is 18.8 Å². The van der Waals surface area contributed by atoms with E-state index < -0.39 is 0 Å². The maximum atomic E-state index is 13.9. The molecule has 0 saturated carbocycles. The Morgan fingerprint density at radius 1 is 1.20 bits per heavy atom. The molecule has 2 nitrogen and oxygen atoms in total. The van der Waals surface area contributed by atoms with Crippen LogP contribution in [0.1, 0.15) is 52.1 Å². The largest absolute Gasteiger partial charge is 0.377 e. The molecular weight excluding hydrogens is 253 g/mol. The topological polar surface area (TPSA) is 21.3 Å². The van der Waals surface area contributed by atoms with Crippen molar-refractivity contribution in [1.82, 2.24) is 5.32 Å². The Kier molecular flexibility index (Phi) is 7.78. The molecule has 2 unspecified atom stereocenters. The Morgan fingerprint density at radius 2 is 1.90 bits per heavy atom. The summed E-state index contributed by atoms with van der Waals surface area (Å²) in [5.41, 5.74) is 0.692. The third kappa shape index (κ3) is 6.02. The average molecular weight is 281 g/mol. The van der Waals surface area contributed by atoms with Crippen molar-refractivity contribution in [3.63, 3.8) is 0 Å². The summed E-state index contributed by atoms with van der Waals surface area (Å²) in [5, 5.41) is 3.37. The predicted octanol–water partition coefficient (Wildman–Crippen LogP) is 4.32. The fourth-order valence-electron chi connectivity index (χ4n) is 2.33. The molecular formula is C17H28FNO. The molecule has 1 aromatic rings. The zero-order valence-electron chi connectivity index (χ0n) is 13.2. The minimum Gasteiger partial charge on any atom is -0.377 e. The van der Waals surface area contributed by atoms with E-state index in [1.54, 1.807) is 6.07 Å². The second-order valence-electron chi connectivity index (χ2n) is 5.80. The first-order valence-electron chi connectivity index (χ1n) is 7.64. The summed E-state index contributed by atoms with van der Waals surface area (Å²) in [7, 11) is 0. The van der Waals surface area contributed by atoms with Crippen molar-refractivity contribution in [3.8, 4) is 0 Å². The highest BCUT2D eigenvalue weighted by Gasteiger charge is 2.16. The monoisotopic (exact) mass is 281 g/mol. The number of nitrogens with one attached hydrogen (secondary N) is 1. The van der Waals surface area contributed by atoms with Crippen molar-refractivity contribution in [3.05, 3.63) is 35.6 Å². The van der Waals surface area contributed by atoms with Crippen LogP contribution < -0.4 is 5.32 Å². The lowest BCUT2D eigenvalue weighted by Crippen LogP contribution is -2.29. The fourth-order valence-corrected chi connectivity index (χ4v) is 2.33. The molecule has 0 amide bonds. The second kappa shape index (κ2) is 9.09. The fraction of sp³-hybridized carbons (Fsp3) is 0.647. The van der Waals surface area contributed by atoms with Gasteiger partial charge in [0.25, 0.3) is 0 Å². The molecule has 3 heteroatoms. The first-order valence-corrected chi connectivity index (χ1v) is 7.64. The number of hydrogen-bond donors (Lipinski definition) is 1. The van der Waals surface area contributed by atoms with E-state index in [4.69, 9.17) is 4.74 Å². The molecule has 20 heavy (non-hydrogen) atoms. The van der Waals surface area contributed by atoms with Crippen molar-refractivity contribution in [2.75, 3.05) is 13.2 Å². The zero-order valence-corrected chi connectivity index (χ0v) is 13.2. The highest BCUT2D eigenvalue weighted by molar-refractivity contribution is 5.21. The number of benzene rings is 1.